The third-order valence-electron chi connectivity index (χ3n) is 2.29. The van der Waals surface area contributed by atoms with E-state index in [9.17, 15) is 13.2 Å². The van der Waals surface area contributed by atoms with E-state index in [1.54, 1.807) is 20.8 Å². The highest BCUT2D eigenvalue weighted by Gasteiger charge is 2.23. The second kappa shape index (κ2) is 6.02. The smallest absolute Gasteiger partial charge is 0.209 e. The van der Waals surface area contributed by atoms with Crippen molar-refractivity contribution in [3.05, 3.63) is 16.5 Å². The molecule has 9 heteroatoms. The molecule has 0 spiro atoms. The van der Waals surface area contributed by atoms with E-state index in [1.165, 1.54) is 0 Å². The van der Waals surface area contributed by atoms with Crippen LogP contribution in [-0.2, 0) is 10.0 Å². The predicted molar refractivity (Wildman–Crippen MR) is 77.7 cm³/mol. The number of hydrogen-bond acceptors (Lipinski definition) is 6. The highest BCUT2D eigenvalue weighted by molar-refractivity contribution is 7.88. The molecule has 0 saturated heterocycles. The van der Waals surface area contributed by atoms with Crippen LogP contribution >= 0.6 is 11.6 Å². The largest absolute Gasteiger partial charge is 0.367 e. The fourth-order valence-electron chi connectivity index (χ4n) is 1.63. The SMILES string of the molecule is Cc1nc(Cl)c(C=O)c(NCC(C)(C)NS(C)(=O)=O)n1. The van der Waals surface area contributed by atoms with Gasteiger partial charge in [0.1, 0.15) is 16.8 Å². The van der Waals surface area contributed by atoms with E-state index in [1.807, 2.05) is 0 Å². The first-order chi connectivity index (χ1) is 9.04. The number of aryl methyl sites for hydroxylation is 1. The molecule has 20 heavy (non-hydrogen) atoms. The lowest BCUT2D eigenvalue weighted by Crippen LogP contribution is -2.48. The zero-order chi connectivity index (χ0) is 15.6. The molecule has 0 aliphatic heterocycles. The number of carbonyl (C=O) groups is 1. The average Bonchev–Trinajstić information content (AvgIpc) is 2.22. The van der Waals surface area contributed by atoms with Crippen LogP contribution in [0.5, 0.6) is 0 Å². The Bertz CT molecular complexity index is 616. The normalized spacial score (nSPS) is 12.2. The lowest BCUT2D eigenvalue weighted by atomic mass is 10.1. The van der Waals surface area contributed by atoms with Crippen LogP contribution in [0.25, 0.3) is 0 Å². The van der Waals surface area contributed by atoms with Gasteiger partial charge in [0.25, 0.3) is 0 Å². The summed E-state index contributed by atoms with van der Waals surface area (Å²) < 4.78 is 25.0. The molecule has 7 nitrogen and oxygen atoms in total. The van der Waals surface area contributed by atoms with Crippen LogP contribution in [0, 0.1) is 6.92 Å². The zero-order valence-electron chi connectivity index (χ0n) is 11.7. The van der Waals surface area contributed by atoms with Crippen molar-refractivity contribution in [2.45, 2.75) is 26.3 Å². The molecule has 0 atom stereocenters. The van der Waals surface area contributed by atoms with Crippen LogP contribution in [0.4, 0.5) is 5.82 Å². The number of aromatic nitrogens is 2. The van der Waals surface area contributed by atoms with E-state index in [0.717, 1.165) is 6.26 Å². The summed E-state index contributed by atoms with van der Waals surface area (Å²) >= 11 is 5.86. The Balaban J connectivity index is 2.92. The van der Waals surface area contributed by atoms with Gasteiger partial charge in [-0.2, -0.15) is 0 Å². The van der Waals surface area contributed by atoms with Crippen molar-refractivity contribution in [1.29, 1.82) is 0 Å². The number of rotatable bonds is 6. The number of aldehydes is 1. The molecule has 0 radical (unpaired) electrons. The van der Waals surface area contributed by atoms with Gasteiger partial charge in [0.05, 0.1) is 11.8 Å². The maximum Gasteiger partial charge on any atom is 0.209 e. The van der Waals surface area contributed by atoms with Gasteiger partial charge in [-0.1, -0.05) is 11.6 Å². The summed E-state index contributed by atoms with van der Waals surface area (Å²) in [7, 11) is -3.34. The quantitative estimate of drug-likeness (QED) is 0.599. The van der Waals surface area contributed by atoms with Crippen molar-refractivity contribution in [2.75, 3.05) is 18.1 Å². The first-order valence-electron chi connectivity index (χ1n) is 5.76. The number of anilines is 1. The maximum atomic E-state index is 11.2. The predicted octanol–water partition coefficient (Wildman–Crippen LogP) is 0.991. The summed E-state index contributed by atoms with van der Waals surface area (Å²) in [5, 5.41) is 2.97. The molecular weight excluding hydrogens is 304 g/mol. The minimum Gasteiger partial charge on any atom is -0.367 e. The standard InChI is InChI=1S/C11H17ClN4O3S/c1-7-14-9(12)8(5-17)10(15-7)13-6-11(2,3)16-20(4,18)19/h5,16H,6H2,1-4H3,(H,13,14,15). The average molecular weight is 321 g/mol. The number of nitrogens with zero attached hydrogens (tertiary/aromatic N) is 2. The second-order valence-corrected chi connectivity index (χ2v) is 7.16. The van der Waals surface area contributed by atoms with Crippen LogP contribution in [0.2, 0.25) is 5.15 Å². The molecule has 0 unspecified atom stereocenters. The summed E-state index contributed by atoms with van der Waals surface area (Å²) in [6.07, 6.45) is 1.64. The Hall–Kier alpha value is -1.25. The van der Waals surface area contributed by atoms with Crippen molar-refractivity contribution in [3.8, 4) is 0 Å². The minimum absolute atomic E-state index is 0.0591. The number of nitrogens with one attached hydrogen (secondary N) is 2. The molecule has 0 aliphatic rings. The van der Waals surface area contributed by atoms with Gasteiger partial charge in [-0.15, -0.1) is 0 Å². The Morgan fingerprint density at radius 2 is 1.95 bits per heavy atom. The summed E-state index contributed by atoms with van der Waals surface area (Å²) in [5.74, 6) is 0.692. The Labute approximate surface area is 123 Å². The van der Waals surface area contributed by atoms with Gasteiger partial charge in [-0.05, 0) is 20.8 Å². The summed E-state index contributed by atoms with van der Waals surface area (Å²) in [6, 6.07) is 0. The number of sulfonamides is 1. The van der Waals surface area contributed by atoms with E-state index in [2.05, 4.69) is 20.0 Å². The fourth-order valence-corrected chi connectivity index (χ4v) is 2.96. The number of halogens is 1. The molecular formula is C11H17ClN4O3S. The lowest BCUT2D eigenvalue weighted by molar-refractivity contribution is 0.112. The van der Waals surface area contributed by atoms with Crippen molar-refractivity contribution >= 4 is 33.7 Å². The van der Waals surface area contributed by atoms with Crippen LogP contribution in [0.1, 0.15) is 30.0 Å². The van der Waals surface area contributed by atoms with Gasteiger partial charge >= 0.3 is 0 Å². The van der Waals surface area contributed by atoms with Gasteiger partial charge in [0.15, 0.2) is 6.29 Å². The molecule has 2 N–H and O–H groups in total. The van der Waals surface area contributed by atoms with E-state index in [0.29, 0.717) is 12.1 Å². The van der Waals surface area contributed by atoms with Crippen LogP contribution in [0.3, 0.4) is 0 Å². The van der Waals surface area contributed by atoms with Crippen LogP contribution in [0.15, 0.2) is 0 Å². The van der Waals surface area contributed by atoms with E-state index < -0.39 is 15.6 Å². The molecule has 0 amide bonds. The zero-order valence-corrected chi connectivity index (χ0v) is 13.3. The van der Waals surface area contributed by atoms with Gasteiger partial charge in [0.2, 0.25) is 10.0 Å². The number of carbonyl (C=O) groups excluding carboxylic acids is 1. The summed E-state index contributed by atoms with van der Waals surface area (Å²) in [6.45, 7) is 5.29. The Kier molecular flexibility index (Phi) is 5.06. The molecule has 0 aromatic carbocycles. The molecule has 1 aromatic heterocycles. The van der Waals surface area contributed by atoms with Gasteiger partial charge in [0, 0.05) is 12.1 Å². The first-order valence-corrected chi connectivity index (χ1v) is 8.03. The summed E-state index contributed by atoms with van der Waals surface area (Å²) in [5.41, 5.74) is -0.605. The van der Waals surface area contributed by atoms with Crippen molar-refractivity contribution in [2.24, 2.45) is 0 Å². The third kappa shape index (κ3) is 5.03. The lowest BCUT2D eigenvalue weighted by Gasteiger charge is -2.25. The van der Waals surface area contributed by atoms with Crippen LogP contribution in [-0.4, -0.2) is 43.0 Å². The van der Waals surface area contributed by atoms with Crippen molar-refractivity contribution in [3.63, 3.8) is 0 Å². The molecule has 1 heterocycles. The third-order valence-corrected chi connectivity index (χ3v) is 3.50. The fraction of sp³-hybridized carbons (Fsp3) is 0.545. The monoisotopic (exact) mass is 320 g/mol. The maximum absolute atomic E-state index is 11.2. The first kappa shape index (κ1) is 16.8. The number of hydrogen-bond donors (Lipinski definition) is 2. The highest BCUT2D eigenvalue weighted by Crippen LogP contribution is 2.19. The topological polar surface area (TPSA) is 101 Å². The molecule has 112 valence electrons. The van der Waals surface area contributed by atoms with E-state index in [-0.39, 0.29) is 23.1 Å². The van der Waals surface area contributed by atoms with Crippen LogP contribution < -0.4 is 10.0 Å². The van der Waals surface area contributed by atoms with E-state index in [4.69, 9.17) is 11.6 Å². The van der Waals surface area contributed by atoms with Crippen molar-refractivity contribution in [1.82, 2.24) is 14.7 Å². The van der Waals surface area contributed by atoms with Gasteiger partial charge in [-0.3, -0.25) is 4.79 Å². The molecule has 1 rings (SSSR count). The van der Waals surface area contributed by atoms with Crippen molar-refractivity contribution < 1.29 is 13.2 Å². The Morgan fingerprint density at radius 1 is 1.35 bits per heavy atom. The van der Waals surface area contributed by atoms with E-state index >= 15 is 0 Å². The second-order valence-electron chi connectivity index (χ2n) is 5.05. The van der Waals surface area contributed by atoms with Gasteiger partial charge < -0.3 is 5.32 Å². The molecule has 0 fully saturated rings. The highest BCUT2D eigenvalue weighted by atomic mass is 35.5. The minimum atomic E-state index is -3.34. The summed E-state index contributed by atoms with van der Waals surface area (Å²) in [4.78, 5) is 19.0. The molecule has 0 aliphatic carbocycles. The van der Waals surface area contributed by atoms with Gasteiger partial charge in [-0.25, -0.2) is 23.1 Å². The molecule has 0 saturated carbocycles. The molecule has 1 aromatic rings. The Morgan fingerprint density at radius 3 is 2.45 bits per heavy atom. The molecule has 0 bridgehead atoms.